The number of hydrogen-bond acceptors (Lipinski definition) is 4. The fourth-order valence-electron chi connectivity index (χ4n) is 2.62. The molecule has 1 rings (SSSR count). The molecule has 0 saturated carbocycles. The number of ether oxygens (including phenoxy) is 1. The minimum Gasteiger partial charge on any atom is -0.504 e. The number of hydrazone groups is 1. The molecule has 0 aliphatic rings. The second-order valence-electron chi connectivity index (χ2n) is 6.30. The van der Waals surface area contributed by atoms with Gasteiger partial charge in [0.05, 0.1) is 13.3 Å². The van der Waals surface area contributed by atoms with E-state index < -0.39 is 0 Å². The van der Waals surface area contributed by atoms with Crippen LogP contribution in [-0.2, 0) is 4.79 Å². The first kappa shape index (κ1) is 21.0. The van der Waals surface area contributed by atoms with Gasteiger partial charge in [0.25, 0.3) is 0 Å². The molecular formula is C20H32N2O3. The third-order valence-electron chi connectivity index (χ3n) is 4.11. The summed E-state index contributed by atoms with van der Waals surface area (Å²) >= 11 is 0. The van der Waals surface area contributed by atoms with Crippen molar-refractivity contribution in [3.05, 3.63) is 23.8 Å². The van der Waals surface area contributed by atoms with E-state index in [0.29, 0.717) is 17.7 Å². The van der Waals surface area contributed by atoms with Gasteiger partial charge in [-0.1, -0.05) is 58.3 Å². The molecular weight excluding hydrogens is 316 g/mol. The molecule has 0 aliphatic heterocycles. The number of methoxy groups -OCH3 is 1. The number of unbranched alkanes of at least 4 members (excludes halogenated alkanes) is 8. The monoisotopic (exact) mass is 348 g/mol. The molecule has 0 fully saturated rings. The molecule has 0 aromatic heterocycles. The molecule has 140 valence electrons. The lowest BCUT2D eigenvalue weighted by atomic mass is 10.1. The molecule has 0 aliphatic carbocycles. The van der Waals surface area contributed by atoms with E-state index in [1.54, 1.807) is 12.1 Å². The number of carbonyl (C=O) groups is 1. The lowest BCUT2D eigenvalue weighted by Crippen LogP contribution is -2.16. The third-order valence-corrected chi connectivity index (χ3v) is 4.11. The van der Waals surface area contributed by atoms with Gasteiger partial charge in [0.2, 0.25) is 5.91 Å². The largest absolute Gasteiger partial charge is 0.504 e. The molecule has 0 unspecified atom stereocenters. The lowest BCUT2D eigenvalue weighted by Gasteiger charge is -2.03. The van der Waals surface area contributed by atoms with Crippen LogP contribution < -0.4 is 10.2 Å². The predicted molar refractivity (Wildman–Crippen MR) is 102 cm³/mol. The van der Waals surface area contributed by atoms with Crippen molar-refractivity contribution in [1.29, 1.82) is 0 Å². The molecule has 1 amide bonds. The fraction of sp³-hybridized carbons (Fsp3) is 0.600. The Hall–Kier alpha value is -2.04. The number of nitrogens with zero attached hydrogens (tertiary/aromatic N) is 1. The SMILES string of the molecule is CCCCCCCCCCCC(=O)N/N=C/c1ccc(OC)c(O)c1. The van der Waals surface area contributed by atoms with Gasteiger partial charge in [-0.15, -0.1) is 0 Å². The Balaban J connectivity index is 2.09. The van der Waals surface area contributed by atoms with Crippen LogP contribution in [0.4, 0.5) is 0 Å². The number of nitrogens with one attached hydrogen (secondary N) is 1. The van der Waals surface area contributed by atoms with Gasteiger partial charge in [-0.2, -0.15) is 5.10 Å². The second kappa shape index (κ2) is 13.3. The minimum absolute atomic E-state index is 0.0486. The highest BCUT2D eigenvalue weighted by molar-refractivity contribution is 5.83. The summed E-state index contributed by atoms with van der Waals surface area (Å²) in [6, 6.07) is 4.95. The summed E-state index contributed by atoms with van der Waals surface area (Å²) in [5, 5.41) is 13.6. The zero-order chi connectivity index (χ0) is 18.3. The first-order chi connectivity index (χ1) is 12.2. The predicted octanol–water partition coefficient (Wildman–Crippen LogP) is 4.77. The van der Waals surface area contributed by atoms with E-state index in [1.165, 1.54) is 64.3 Å². The quantitative estimate of drug-likeness (QED) is 0.306. The third kappa shape index (κ3) is 9.75. The summed E-state index contributed by atoms with van der Waals surface area (Å²) in [5.41, 5.74) is 3.22. The van der Waals surface area contributed by atoms with Crippen molar-refractivity contribution in [2.75, 3.05) is 7.11 Å². The molecule has 0 atom stereocenters. The maximum atomic E-state index is 11.7. The highest BCUT2D eigenvalue weighted by Gasteiger charge is 2.02. The van der Waals surface area contributed by atoms with Crippen molar-refractivity contribution in [2.24, 2.45) is 5.10 Å². The van der Waals surface area contributed by atoms with Gasteiger partial charge < -0.3 is 9.84 Å². The van der Waals surface area contributed by atoms with E-state index in [1.807, 2.05) is 0 Å². The van der Waals surface area contributed by atoms with Gasteiger partial charge in [-0.3, -0.25) is 4.79 Å². The Labute approximate surface area is 151 Å². The molecule has 1 aromatic rings. The summed E-state index contributed by atoms with van der Waals surface area (Å²) in [6.07, 6.45) is 13.1. The molecule has 0 heterocycles. The summed E-state index contributed by atoms with van der Waals surface area (Å²) in [6.45, 7) is 2.23. The van der Waals surface area contributed by atoms with Crippen LogP contribution in [0.2, 0.25) is 0 Å². The molecule has 2 N–H and O–H groups in total. The molecule has 0 saturated heterocycles. The van der Waals surface area contributed by atoms with Crippen LogP contribution in [0.1, 0.15) is 76.7 Å². The number of aromatic hydroxyl groups is 1. The van der Waals surface area contributed by atoms with Gasteiger partial charge in [0.15, 0.2) is 11.5 Å². The van der Waals surface area contributed by atoms with Crippen LogP contribution in [0, 0.1) is 0 Å². The highest BCUT2D eigenvalue weighted by atomic mass is 16.5. The Morgan fingerprint density at radius 1 is 1.12 bits per heavy atom. The van der Waals surface area contributed by atoms with Crippen LogP contribution >= 0.6 is 0 Å². The van der Waals surface area contributed by atoms with Crippen molar-refractivity contribution < 1.29 is 14.6 Å². The second-order valence-corrected chi connectivity index (χ2v) is 6.30. The number of amides is 1. The molecule has 0 bridgehead atoms. The van der Waals surface area contributed by atoms with Crippen molar-refractivity contribution >= 4 is 12.1 Å². The van der Waals surface area contributed by atoms with Crippen LogP contribution in [0.5, 0.6) is 11.5 Å². The topological polar surface area (TPSA) is 70.9 Å². The molecule has 5 heteroatoms. The Kier molecular flexibility index (Phi) is 11.2. The van der Waals surface area contributed by atoms with Gasteiger partial charge >= 0.3 is 0 Å². The number of phenolic OH excluding ortho intramolecular Hbond substituents is 1. The summed E-state index contributed by atoms with van der Waals surface area (Å²) < 4.78 is 4.97. The van der Waals surface area contributed by atoms with Crippen molar-refractivity contribution in [2.45, 2.75) is 71.1 Å². The molecule has 1 aromatic carbocycles. The Morgan fingerprint density at radius 3 is 2.36 bits per heavy atom. The van der Waals surface area contributed by atoms with E-state index in [2.05, 4.69) is 17.5 Å². The molecule has 0 radical (unpaired) electrons. The molecule has 5 nitrogen and oxygen atoms in total. The summed E-state index contributed by atoms with van der Waals surface area (Å²) in [5.74, 6) is 0.385. The summed E-state index contributed by atoms with van der Waals surface area (Å²) in [7, 11) is 1.50. The van der Waals surface area contributed by atoms with Gasteiger partial charge in [0.1, 0.15) is 0 Å². The Bertz CT molecular complexity index is 530. The average molecular weight is 348 g/mol. The van der Waals surface area contributed by atoms with Crippen molar-refractivity contribution in [3.63, 3.8) is 0 Å². The normalized spacial score (nSPS) is 11.0. The van der Waals surface area contributed by atoms with Gasteiger partial charge in [-0.25, -0.2) is 5.43 Å². The zero-order valence-electron chi connectivity index (χ0n) is 15.6. The number of rotatable bonds is 13. The van der Waals surface area contributed by atoms with Crippen LogP contribution in [0.3, 0.4) is 0 Å². The van der Waals surface area contributed by atoms with Crippen LogP contribution in [0.15, 0.2) is 23.3 Å². The minimum atomic E-state index is -0.0723. The Morgan fingerprint density at radius 2 is 1.76 bits per heavy atom. The first-order valence-electron chi connectivity index (χ1n) is 9.36. The molecule has 25 heavy (non-hydrogen) atoms. The van der Waals surface area contributed by atoms with Crippen LogP contribution in [0.25, 0.3) is 0 Å². The number of carbonyl (C=O) groups excluding carboxylic acids is 1. The number of phenols is 1. The van der Waals surface area contributed by atoms with Crippen molar-refractivity contribution in [3.8, 4) is 11.5 Å². The van der Waals surface area contributed by atoms with E-state index >= 15 is 0 Å². The van der Waals surface area contributed by atoms with E-state index in [4.69, 9.17) is 4.74 Å². The highest BCUT2D eigenvalue weighted by Crippen LogP contribution is 2.25. The van der Waals surface area contributed by atoms with E-state index in [-0.39, 0.29) is 11.7 Å². The smallest absolute Gasteiger partial charge is 0.240 e. The van der Waals surface area contributed by atoms with Gasteiger partial charge in [-0.05, 0) is 30.2 Å². The number of hydrogen-bond donors (Lipinski definition) is 2. The standard InChI is InChI=1S/C20H32N2O3/c1-3-4-5-6-7-8-9-10-11-12-20(24)22-21-16-17-13-14-19(25-2)18(23)15-17/h13-16,23H,3-12H2,1-2H3,(H,22,24)/b21-16+. The average Bonchev–Trinajstić information content (AvgIpc) is 2.60. The van der Waals surface area contributed by atoms with Crippen LogP contribution in [-0.4, -0.2) is 24.3 Å². The zero-order valence-corrected chi connectivity index (χ0v) is 15.6. The maximum Gasteiger partial charge on any atom is 0.240 e. The molecule has 0 spiro atoms. The van der Waals surface area contributed by atoms with Crippen molar-refractivity contribution in [1.82, 2.24) is 5.43 Å². The fourth-order valence-corrected chi connectivity index (χ4v) is 2.62. The first-order valence-corrected chi connectivity index (χ1v) is 9.36. The summed E-state index contributed by atoms with van der Waals surface area (Å²) in [4.78, 5) is 11.7. The van der Waals surface area contributed by atoms with Gasteiger partial charge in [0, 0.05) is 6.42 Å². The van der Waals surface area contributed by atoms with E-state index in [0.717, 1.165) is 12.8 Å². The maximum absolute atomic E-state index is 11.7. The number of benzene rings is 1. The van der Waals surface area contributed by atoms with E-state index in [9.17, 15) is 9.90 Å². The lowest BCUT2D eigenvalue weighted by molar-refractivity contribution is -0.121.